The van der Waals surface area contributed by atoms with E-state index in [9.17, 15) is 8.42 Å². The van der Waals surface area contributed by atoms with Crippen LogP contribution in [0.1, 0.15) is 19.3 Å². The van der Waals surface area contributed by atoms with Crippen LogP contribution in [0.5, 0.6) is 0 Å². The monoisotopic (exact) mass is 287 g/mol. The van der Waals surface area contributed by atoms with Crippen molar-refractivity contribution in [2.75, 3.05) is 31.3 Å². The van der Waals surface area contributed by atoms with Crippen molar-refractivity contribution in [2.45, 2.75) is 24.2 Å². The highest BCUT2D eigenvalue weighted by Crippen LogP contribution is 2.19. The van der Waals surface area contributed by atoms with Crippen molar-refractivity contribution < 1.29 is 13.2 Å². The van der Waals surface area contributed by atoms with Crippen molar-refractivity contribution in [3.05, 3.63) is 18.2 Å². The quantitative estimate of drug-likeness (QED) is 0.491. The second kappa shape index (κ2) is 7.32. The molecule has 0 atom stereocenters. The van der Waals surface area contributed by atoms with Crippen LogP contribution >= 0.6 is 0 Å². The van der Waals surface area contributed by atoms with E-state index in [0.29, 0.717) is 11.4 Å². The van der Waals surface area contributed by atoms with E-state index in [4.69, 9.17) is 15.6 Å². The molecule has 0 amide bonds. The van der Waals surface area contributed by atoms with Crippen molar-refractivity contribution in [3.8, 4) is 0 Å². The maximum absolute atomic E-state index is 11.3. The third-order valence-corrected chi connectivity index (χ3v) is 3.50. The maximum atomic E-state index is 11.3. The van der Waals surface area contributed by atoms with Crippen molar-refractivity contribution in [1.82, 2.24) is 0 Å². The fourth-order valence-corrected chi connectivity index (χ4v) is 2.26. The summed E-state index contributed by atoms with van der Waals surface area (Å²) >= 11 is 0. The van der Waals surface area contributed by atoms with E-state index in [-0.39, 0.29) is 4.90 Å². The lowest BCUT2D eigenvalue weighted by atomic mass is 10.2. The van der Waals surface area contributed by atoms with Gasteiger partial charge >= 0.3 is 0 Å². The van der Waals surface area contributed by atoms with Gasteiger partial charge < -0.3 is 15.8 Å². The number of benzene rings is 1. The average molecular weight is 287 g/mol. The minimum atomic E-state index is -3.73. The van der Waals surface area contributed by atoms with Crippen LogP contribution in [0.15, 0.2) is 23.1 Å². The van der Waals surface area contributed by atoms with Crippen molar-refractivity contribution in [2.24, 2.45) is 5.14 Å². The van der Waals surface area contributed by atoms with E-state index < -0.39 is 10.0 Å². The van der Waals surface area contributed by atoms with Crippen LogP contribution in [-0.4, -0.2) is 28.7 Å². The summed E-state index contributed by atoms with van der Waals surface area (Å²) in [7, 11) is -2.05. The number of hydrogen-bond donors (Lipinski definition) is 3. The zero-order valence-corrected chi connectivity index (χ0v) is 11.9. The van der Waals surface area contributed by atoms with Gasteiger partial charge in [0.25, 0.3) is 0 Å². The lowest BCUT2D eigenvalue weighted by molar-refractivity contribution is 0.192. The van der Waals surface area contributed by atoms with Gasteiger partial charge in [0.05, 0.1) is 4.90 Å². The molecule has 108 valence electrons. The van der Waals surface area contributed by atoms with Gasteiger partial charge in [-0.05, 0) is 37.5 Å². The number of nitrogens with two attached hydrogens (primary N) is 2. The standard InChI is InChI=1S/C12H21N3O3S/c1-18-6-4-2-3-5-15-11-7-10(13)8-12(9-11)19(14,16)17/h7-9,15H,2-6,13H2,1H3,(H2,14,16,17). The Bertz CT molecular complexity index is 503. The zero-order chi connectivity index (χ0) is 14.3. The van der Waals surface area contributed by atoms with E-state index >= 15 is 0 Å². The molecule has 1 aromatic rings. The van der Waals surface area contributed by atoms with E-state index in [1.54, 1.807) is 13.2 Å². The summed E-state index contributed by atoms with van der Waals surface area (Å²) in [5.74, 6) is 0. The summed E-state index contributed by atoms with van der Waals surface area (Å²) in [6, 6.07) is 4.52. The van der Waals surface area contributed by atoms with E-state index in [1.165, 1.54) is 12.1 Å². The second-order valence-electron chi connectivity index (χ2n) is 4.32. The molecule has 0 aliphatic heterocycles. The second-order valence-corrected chi connectivity index (χ2v) is 5.88. The van der Waals surface area contributed by atoms with Gasteiger partial charge in [0.15, 0.2) is 0 Å². The number of rotatable bonds is 8. The van der Waals surface area contributed by atoms with Crippen LogP contribution in [0, 0.1) is 0 Å². The normalized spacial score (nSPS) is 11.5. The molecular weight excluding hydrogens is 266 g/mol. The number of nitrogen functional groups attached to an aromatic ring is 1. The third kappa shape index (κ3) is 5.91. The van der Waals surface area contributed by atoms with E-state index in [1.807, 2.05) is 0 Å². The van der Waals surface area contributed by atoms with Gasteiger partial charge in [-0.25, -0.2) is 13.6 Å². The molecule has 0 aliphatic rings. The first-order valence-electron chi connectivity index (χ1n) is 6.09. The molecule has 1 aromatic carbocycles. The molecule has 0 bridgehead atoms. The lowest BCUT2D eigenvalue weighted by Crippen LogP contribution is -2.13. The average Bonchev–Trinajstić information content (AvgIpc) is 2.32. The Kier molecular flexibility index (Phi) is 6.07. The van der Waals surface area contributed by atoms with Crippen LogP contribution in [-0.2, 0) is 14.8 Å². The van der Waals surface area contributed by atoms with Gasteiger partial charge in [-0.3, -0.25) is 0 Å². The van der Waals surface area contributed by atoms with Crippen molar-refractivity contribution in [3.63, 3.8) is 0 Å². The minimum absolute atomic E-state index is 0.0226. The molecule has 0 unspecified atom stereocenters. The lowest BCUT2D eigenvalue weighted by Gasteiger charge is -2.09. The van der Waals surface area contributed by atoms with Crippen LogP contribution in [0.2, 0.25) is 0 Å². The Balaban J connectivity index is 2.52. The number of hydrogen-bond acceptors (Lipinski definition) is 5. The first-order valence-corrected chi connectivity index (χ1v) is 7.64. The molecule has 0 aliphatic carbocycles. The Labute approximate surface area is 114 Å². The predicted octanol–water partition coefficient (Wildman–Crippen LogP) is 1.14. The predicted molar refractivity (Wildman–Crippen MR) is 76.4 cm³/mol. The highest BCUT2D eigenvalue weighted by atomic mass is 32.2. The van der Waals surface area contributed by atoms with E-state index in [2.05, 4.69) is 5.32 Å². The number of nitrogens with one attached hydrogen (secondary N) is 1. The molecule has 0 heterocycles. The van der Waals surface area contributed by atoms with Crippen LogP contribution in [0.4, 0.5) is 11.4 Å². The number of unbranched alkanes of at least 4 members (excludes halogenated alkanes) is 2. The summed E-state index contributed by atoms with van der Waals surface area (Å²) in [6.07, 6.45) is 3.03. The number of primary sulfonamides is 1. The molecule has 0 spiro atoms. The molecule has 0 saturated heterocycles. The largest absolute Gasteiger partial charge is 0.399 e. The van der Waals surface area contributed by atoms with E-state index in [0.717, 1.165) is 32.4 Å². The Hall–Kier alpha value is -1.31. The van der Waals surface area contributed by atoms with Crippen LogP contribution in [0.3, 0.4) is 0 Å². The van der Waals surface area contributed by atoms with Gasteiger partial charge in [0, 0.05) is 31.6 Å². The van der Waals surface area contributed by atoms with Gasteiger partial charge in [0.1, 0.15) is 0 Å². The van der Waals surface area contributed by atoms with Crippen LogP contribution in [0.25, 0.3) is 0 Å². The summed E-state index contributed by atoms with van der Waals surface area (Å²) in [5, 5.41) is 8.21. The molecule has 19 heavy (non-hydrogen) atoms. The summed E-state index contributed by atoms with van der Waals surface area (Å²) in [4.78, 5) is 0.0226. The molecule has 0 fully saturated rings. The fraction of sp³-hybridized carbons (Fsp3) is 0.500. The number of methoxy groups -OCH3 is 1. The number of ether oxygens (including phenoxy) is 1. The minimum Gasteiger partial charge on any atom is -0.399 e. The van der Waals surface area contributed by atoms with Gasteiger partial charge in [0.2, 0.25) is 10.0 Å². The molecular formula is C12H21N3O3S. The summed E-state index contributed by atoms with van der Waals surface area (Å²) < 4.78 is 27.5. The van der Waals surface area contributed by atoms with Crippen molar-refractivity contribution >= 4 is 21.4 Å². The van der Waals surface area contributed by atoms with Gasteiger partial charge in [-0.15, -0.1) is 0 Å². The molecule has 5 N–H and O–H groups in total. The number of sulfonamides is 1. The van der Waals surface area contributed by atoms with Crippen LogP contribution < -0.4 is 16.2 Å². The molecule has 0 aromatic heterocycles. The van der Waals surface area contributed by atoms with Gasteiger partial charge in [-0.2, -0.15) is 0 Å². The fourth-order valence-electron chi connectivity index (χ4n) is 1.67. The third-order valence-electron chi connectivity index (χ3n) is 2.61. The summed E-state index contributed by atoms with van der Waals surface area (Å²) in [6.45, 7) is 1.51. The highest BCUT2D eigenvalue weighted by Gasteiger charge is 2.09. The molecule has 0 saturated carbocycles. The molecule has 1 rings (SSSR count). The first kappa shape index (κ1) is 15.7. The molecule has 6 nitrogen and oxygen atoms in total. The smallest absolute Gasteiger partial charge is 0.238 e. The van der Waals surface area contributed by atoms with Crippen molar-refractivity contribution in [1.29, 1.82) is 0 Å². The highest BCUT2D eigenvalue weighted by molar-refractivity contribution is 7.89. The molecule has 7 heteroatoms. The Morgan fingerprint density at radius 1 is 1.21 bits per heavy atom. The SMILES string of the molecule is COCCCCCNc1cc(N)cc(S(N)(=O)=O)c1. The first-order chi connectivity index (χ1) is 8.93. The molecule has 0 radical (unpaired) electrons. The topological polar surface area (TPSA) is 107 Å². The Morgan fingerprint density at radius 2 is 1.95 bits per heavy atom. The van der Waals surface area contributed by atoms with Gasteiger partial charge in [-0.1, -0.05) is 0 Å². The summed E-state index contributed by atoms with van der Waals surface area (Å²) in [5.41, 5.74) is 6.68. The number of anilines is 2. The maximum Gasteiger partial charge on any atom is 0.238 e. The Morgan fingerprint density at radius 3 is 2.58 bits per heavy atom. The zero-order valence-electron chi connectivity index (χ0n) is 11.1.